The van der Waals surface area contributed by atoms with Crippen molar-refractivity contribution in [3.63, 3.8) is 0 Å². The van der Waals surface area contributed by atoms with Crippen molar-refractivity contribution in [2.24, 2.45) is 5.73 Å². The van der Waals surface area contributed by atoms with E-state index in [1.54, 1.807) is 0 Å². The molecule has 0 fully saturated rings. The zero-order valence-corrected chi connectivity index (χ0v) is 11.7. The Balaban J connectivity index is 2.30. The van der Waals surface area contributed by atoms with Crippen LogP contribution in [0.4, 0.5) is 5.69 Å². The van der Waals surface area contributed by atoms with Crippen LogP contribution in [0.5, 0.6) is 0 Å². The number of benzene rings is 1. The molecule has 3 nitrogen and oxygen atoms in total. The Labute approximate surface area is 115 Å². The largest absolute Gasteiger partial charge is 0.330 e. The third kappa shape index (κ3) is 2.71. The van der Waals surface area contributed by atoms with Crippen molar-refractivity contribution in [3.8, 4) is 0 Å². The van der Waals surface area contributed by atoms with Crippen molar-refractivity contribution in [2.75, 3.05) is 18.0 Å². The topological polar surface area (TPSA) is 46.3 Å². The molecule has 1 heterocycles. The lowest BCUT2D eigenvalue weighted by atomic mass is 9.98. The predicted octanol–water partition coefficient (Wildman–Crippen LogP) is 2.82. The molecule has 1 aliphatic rings. The van der Waals surface area contributed by atoms with Gasteiger partial charge in [-0.1, -0.05) is 31.2 Å². The fourth-order valence-corrected chi connectivity index (χ4v) is 2.74. The molecule has 0 saturated carbocycles. The van der Waals surface area contributed by atoms with Gasteiger partial charge in [0, 0.05) is 23.7 Å². The molecule has 19 heavy (non-hydrogen) atoms. The summed E-state index contributed by atoms with van der Waals surface area (Å²) >= 11 is 0. The quantitative estimate of drug-likeness (QED) is 0.844. The summed E-state index contributed by atoms with van der Waals surface area (Å²) in [7, 11) is 0. The van der Waals surface area contributed by atoms with Crippen LogP contribution in [0, 0.1) is 0 Å². The number of hydrogen-bond acceptors (Lipinski definition) is 2. The van der Waals surface area contributed by atoms with Crippen molar-refractivity contribution >= 4 is 11.6 Å². The number of allylic oxidation sites excluding steroid dienone is 1. The molecule has 2 rings (SSSR count). The number of fused-ring (bicyclic) bond motifs is 1. The highest BCUT2D eigenvalue weighted by atomic mass is 16.2. The van der Waals surface area contributed by atoms with E-state index in [0.29, 0.717) is 12.5 Å². The molecule has 1 atom stereocenters. The summed E-state index contributed by atoms with van der Waals surface area (Å²) in [6.07, 6.45) is 3.80. The number of anilines is 1. The summed E-state index contributed by atoms with van der Waals surface area (Å²) in [5.74, 6) is 0.494. The molecule has 0 spiro atoms. The van der Waals surface area contributed by atoms with Crippen LogP contribution in [0.25, 0.3) is 0 Å². The van der Waals surface area contributed by atoms with Gasteiger partial charge in [-0.15, -0.1) is 0 Å². The van der Waals surface area contributed by atoms with Crippen molar-refractivity contribution in [1.29, 1.82) is 0 Å². The van der Waals surface area contributed by atoms with Crippen LogP contribution in [0.3, 0.4) is 0 Å². The lowest BCUT2D eigenvalue weighted by Crippen LogP contribution is -2.30. The highest BCUT2D eigenvalue weighted by Gasteiger charge is 2.31. The minimum Gasteiger partial charge on any atom is -0.330 e. The van der Waals surface area contributed by atoms with Gasteiger partial charge in [0.2, 0.25) is 0 Å². The van der Waals surface area contributed by atoms with Gasteiger partial charge in [0.05, 0.1) is 0 Å². The normalized spacial score (nSPS) is 18.6. The Morgan fingerprint density at radius 1 is 1.47 bits per heavy atom. The molecule has 102 valence electrons. The van der Waals surface area contributed by atoms with E-state index in [9.17, 15) is 4.79 Å². The van der Waals surface area contributed by atoms with Crippen molar-refractivity contribution in [2.45, 2.75) is 32.6 Å². The third-order valence-electron chi connectivity index (χ3n) is 3.68. The van der Waals surface area contributed by atoms with E-state index in [1.165, 1.54) is 5.56 Å². The second-order valence-electron chi connectivity index (χ2n) is 5.04. The Kier molecular flexibility index (Phi) is 4.38. The van der Waals surface area contributed by atoms with Gasteiger partial charge in [0.15, 0.2) is 0 Å². The molecule has 0 aliphatic carbocycles. The second-order valence-corrected chi connectivity index (χ2v) is 5.04. The van der Waals surface area contributed by atoms with Crippen molar-refractivity contribution < 1.29 is 4.79 Å². The summed E-state index contributed by atoms with van der Waals surface area (Å²) in [6.45, 7) is 5.35. The van der Waals surface area contributed by atoms with Crippen LogP contribution in [-0.4, -0.2) is 19.0 Å². The maximum atomic E-state index is 12.5. The van der Waals surface area contributed by atoms with Crippen LogP contribution < -0.4 is 10.6 Å². The van der Waals surface area contributed by atoms with Crippen LogP contribution in [0.15, 0.2) is 35.9 Å². The number of nitrogens with zero attached hydrogens (tertiary/aromatic N) is 1. The molecule has 0 radical (unpaired) electrons. The van der Waals surface area contributed by atoms with Gasteiger partial charge < -0.3 is 10.6 Å². The number of para-hydroxylation sites is 1. The van der Waals surface area contributed by atoms with E-state index in [4.69, 9.17) is 5.73 Å². The standard InChI is InChI=1S/C16H22N2O/c1-3-6-12(2)16(19)18-11-13(9-10-17)14-7-4-5-8-15(14)18/h4-8,13H,3,9-11,17H2,1-2H3/b12-6-. The molecule has 1 amide bonds. The molecule has 3 heteroatoms. The van der Waals surface area contributed by atoms with Crippen LogP contribution in [-0.2, 0) is 4.79 Å². The van der Waals surface area contributed by atoms with Gasteiger partial charge >= 0.3 is 0 Å². The lowest BCUT2D eigenvalue weighted by molar-refractivity contribution is -0.115. The summed E-state index contributed by atoms with van der Waals surface area (Å²) in [5, 5.41) is 0. The van der Waals surface area contributed by atoms with E-state index in [1.807, 2.05) is 43.0 Å². The molecule has 0 bridgehead atoms. The first-order chi connectivity index (χ1) is 9.19. The first-order valence-corrected chi connectivity index (χ1v) is 6.96. The summed E-state index contributed by atoms with van der Waals surface area (Å²) in [5.41, 5.74) is 8.81. The Morgan fingerprint density at radius 3 is 2.89 bits per heavy atom. The van der Waals surface area contributed by atoms with Gasteiger partial charge in [-0.25, -0.2) is 0 Å². The number of hydrogen-bond donors (Lipinski definition) is 1. The van der Waals surface area contributed by atoms with Gasteiger partial charge in [-0.3, -0.25) is 4.79 Å². The zero-order chi connectivity index (χ0) is 13.8. The highest BCUT2D eigenvalue weighted by molar-refractivity contribution is 6.06. The maximum absolute atomic E-state index is 12.5. The SMILES string of the molecule is CC/C=C(/C)C(=O)N1CC(CCN)c2ccccc21. The van der Waals surface area contributed by atoms with E-state index < -0.39 is 0 Å². The van der Waals surface area contributed by atoms with Crippen molar-refractivity contribution in [1.82, 2.24) is 0 Å². The van der Waals surface area contributed by atoms with Gasteiger partial charge in [0.25, 0.3) is 5.91 Å². The number of rotatable bonds is 4. The van der Waals surface area contributed by atoms with Crippen LogP contribution in [0.1, 0.15) is 38.2 Å². The molecule has 1 aliphatic heterocycles. The Morgan fingerprint density at radius 2 is 2.21 bits per heavy atom. The first kappa shape index (κ1) is 13.8. The fourth-order valence-electron chi connectivity index (χ4n) is 2.74. The predicted molar refractivity (Wildman–Crippen MR) is 79.3 cm³/mol. The highest BCUT2D eigenvalue weighted by Crippen LogP contribution is 2.38. The van der Waals surface area contributed by atoms with Gasteiger partial charge in [0.1, 0.15) is 0 Å². The summed E-state index contributed by atoms with van der Waals surface area (Å²) in [6, 6.07) is 8.17. The molecule has 2 N–H and O–H groups in total. The zero-order valence-electron chi connectivity index (χ0n) is 11.7. The van der Waals surface area contributed by atoms with E-state index in [2.05, 4.69) is 6.07 Å². The number of carbonyl (C=O) groups excluding carboxylic acids is 1. The number of nitrogens with two attached hydrogens (primary N) is 1. The maximum Gasteiger partial charge on any atom is 0.253 e. The molecule has 0 saturated heterocycles. The number of carbonyl (C=O) groups is 1. The van der Waals surface area contributed by atoms with E-state index in [-0.39, 0.29) is 5.91 Å². The minimum absolute atomic E-state index is 0.119. The van der Waals surface area contributed by atoms with E-state index >= 15 is 0 Å². The average Bonchev–Trinajstić information content (AvgIpc) is 2.78. The molecule has 1 unspecified atom stereocenters. The molecular formula is C16H22N2O. The van der Waals surface area contributed by atoms with Crippen LogP contribution in [0.2, 0.25) is 0 Å². The van der Waals surface area contributed by atoms with Crippen molar-refractivity contribution in [3.05, 3.63) is 41.5 Å². The first-order valence-electron chi connectivity index (χ1n) is 6.96. The summed E-state index contributed by atoms with van der Waals surface area (Å²) < 4.78 is 0. The lowest BCUT2D eigenvalue weighted by Gasteiger charge is -2.18. The Hall–Kier alpha value is -1.61. The van der Waals surface area contributed by atoms with Gasteiger partial charge in [-0.2, -0.15) is 0 Å². The number of amides is 1. The smallest absolute Gasteiger partial charge is 0.253 e. The summed E-state index contributed by atoms with van der Waals surface area (Å²) in [4.78, 5) is 14.4. The van der Waals surface area contributed by atoms with Gasteiger partial charge in [-0.05, 0) is 37.9 Å². The average molecular weight is 258 g/mol. The third-order valence-corrected chi connectivity index (χ3v) is 3.68. The molecule has 1 aromatic carbocycles. The van der Waals surface area contributed by atoms with E-state index in [0.717, 1.165) is 30.6 Å². The minimum atomic E-state index is 0.119. The monoisotopic (exact) mass is 258 g/mol. The Bertz CT molecular complexity index is 493. The fraction of sp³-hybridized carbons (Fsp3) is 0.438. The molecule has 1 aromatic rings. The molecule has 0 aromatic heterocycles. The molecular weight excluding hydrogens is 236 g/mol. The second kappa shape index (κ2) is 6.02. The van der Waals surface area contributed by atoms with Crippen LogP contribution >= 0.6 is 0 Å².